The number of halogens is 3. The minimum atomic E-state index is -4.72. The molecule has 4 aliphatic rings. The monoisotopic (exact) mass is 446 g/mol. The Morgan fingerprint density at radius 3 is 2.62 bits per heavy atom. The summed E-state index contributed by atoms with van der Waals surface area (Å²) < 4.78 is 45.7. The van der Waals surface area contributed by atoms with Gasteiger partial charge in [-0.3, -0.25) is 0 Å². The van der Waals surface area contributed by atoms with Gasteiger partial charge in [-0.05, 0) is 48.4 Å². The highest BCUT2D eigenvalue weighted by molar-refractivity contribution is 6.10. The molecule has 0 bridgehead atoms. The minimum Gasteiger partial charge on any atom is -0.394 e. The van der Waals surface area contributed by atoms with Gasteiger partial charge in [0.15, 0.2) is 0 Å². The summed E-state index contributed by atoms with van der Waals surface area (Å²) in [4.78, 5) is 6.89. The molecule has 3 heterocycles. The fourth-order valence-corrected chi connectivity index (χ4v) is 5.15. The van der Waals surface area contributed by atoms with Gasteiger partial charge < -0.3 is 26.2 Å². The van der Waals surface area contributed by atoms with E-state index in [0.29, 0.717) is 31.5 Å². The number of hydrogen-bond acceptors (Lipinski definition) is 7. The molecule has 1 fully saturated rings. The van der Waals surface area contributed by atoms with Crippen molar-refractivity contribution < 1.29 is 17.9 Å². The summed E-state index contributed by atoms with van der Waals surface area (Å²) in [5, 5.41) is 12.3. The molecule has 7 nitrogen and oxygen atoms in total. The Labute approximate surface area is 183 Å². The number of pyridine rings is 1. The van der Waals surface area contributed by atoms with Crippen LogP contribution in [0.4, 0.5) is 13.2 Å². The van der Waals surface area contributed by atoms with Crippen LogP contribution in [-0.2, 0) is 17.6 Å². The highest BCUT2D eigenvalue weighted by Crippen LogP contribution is 2.42. The molecule has 1 aromatic rings. The quantitative estimate of drug-likeness (QED) is 0.607. The molecule has 0 spiro atoms. The van der Waals surface area contributed by atoms with Crippen LogP contribution in [-0.4, -0.2) is 60.5 Å². The number of nitrogens with two attached hydrogens (primary N) is 1. The van der Waals surface area contributed by atoms with E-state index in [4.69, 9.17) is 15.9 Å². The SMILES string of the molecule is N=CC(=C(N)C(F)(F)F)c1nc2c(c3c1CCCC3)C1C(N3CCOCC3)=NNC1C=C2. The number of hydrazone groups is 1. The average Bonchev–Trinajstić information content (AvgIpc) is 3.23. The van der Waals surface area contributed by atoms with Gasteiger partial charge in [-0.25, -0.2) is 4.98 Å². The largest absolute Gasteiger partial charge is 0.431 e. The van der Waals surface area contributed by atoms with Gasteiger partial charge in [0.2, 0.25) is 0 Å². The summed E-state index contributed by atoms with van der Waals surface area (Å²) in [6.07, 6.45) is 2.98. The van der Waals surface area contributed by atoms with Crippen molar-refractivity contribution in [2.75, 3.05) is 26.3 Å². The minimum absolute atomic E-state index is 0.0167. The second kappa shape index (κ2) is 7.91. The van der Waals surface area contributed by atoms with Crippen LogP contribution in [0.15, 0.2) is 16.9 Å². The summed E-state index contributed by atoms with van der Waals surface area (Å²) in [5.41, 5.74) is 10.7. The van der Waals surface area contributed by atoms with Gasteiger partial charge in [-0.15, -0.1) is 0 Å². The zero-order chi connectivity index (χ0) is 22.5. The summed E-state index contributed by atoms with van der Waals surface area (Å²) in [7, 11) is 0. The van der Waals surface area contributed by atoms with Crippen LogP contribution in [0, 0.1) is 5.41 Å². The first kappa shape index (κ1) is 21.0. The number of aromatic nitrogens is 1. The van der Waals surface area contributed by atoms with Gasteiger partial charge in [0.1, 0.15) is 11.5 Å². The number of ether oxygens (including phenoxy) is 1. The average molecular weight is 446 g/mol. The van der Waals surface area contributed by atoms with Gasteiger partial charge in [-0.2, -0.15) is 18.3 Å². The zero-order valence-corrected chi connectivity index (χ0v) is 17.5. The number of rotatable bonds is 2. The van der Waals surface area contributed by atoms with Crippen molar-refractivity contribution in [2.24, 2.45) is 10.8 Å². The number of nitrogens with zero attached hydrogens (tertiary/aromatic N) is 3. The lowest BCUT2D eigenvalue weighted by atomic mass is 9.76. The van der Waals surface area contributed by atoms with Gasteiger partial charge in [0.25, 0.3) is 0 Å². The predicted molar refractivity (Wildman–Crippen MR) is 115 cm³/mol. The van der Waals surface area contributed by atoms with Crippen LogP contribution < -0.4 is 11.2 Å². The second-order valence-corrected chi connectivity index (χ2v) is 8.45. The molecule has 0 saturated carbocycles. The predicted octanol–water partition coefficient (Wildman–Crippen LogP) is 2.57. The maximum Gasteiger partial charge on any atom is 0.431 e. The number of nitrogens with one attached hydrogen (secondary N) is 2. The fourth-order valence-electron chi connectivity index (χ4n) is 5.15. The van der Waals surface area contributed by atoms with Crippen molar-refractivity contribution >= 4 is 23.7 Å². The summed E-state index contributed by atoms with van der Waals surface area (Å²) in [6, 6.07) is -0.0167. The topological polar surface area (TPSA) is 99.6 Å². The van der Waals surface area contributed by atoms with E-state index >= 15 is 0 Å². The molecule has 2 atom stereocenters. The Morgan fingerprint density at radius 2 is 1.94 bits per heavy atom. The molecule has 32 heavy (non-hydrogen) atoms. The highest BCUT2D eigenvalue weighted by Gasteiger charge is 2.42. The number of morpholine rings is 1. The number of alkyl halides is 3. The van der Waals surface area contributed by atoms with Gasteiger partial charge in [0, 0.05) is 24.9 Å². The Morgan fingerprint density at radius 1 is 1.22 bits per heavy atom. The van der Waals surface area contributed by atoms with Crippen molar-refractivity contribution in [3.05, 3.63) is 39.9 Å². The smallest absolute Gasteiger partial charge is 0.394 e. The molecule has 0 aromatic carbocycles. The Balaban J connectivity index is 1.67. The van der Waals surface area contributed by atoms with Crippen molar-refractivity contribution in [3.8, 4) is 0 Å². The molecular weight excluding hydrogens is 421 g/mol. The third-order valence-corrected chi connectivity index (χ3v) is 6.66. The molecule has 10 heteroatoms. The van der Waals surface area contributed by atoms with Crippen LogP contribution in [0.1, 0.15) is 46.8 Å². The molecule has 4 N–H and O–H groups in total. The maximum atomic E-state index is 13.4. The van der Waals surface area contributed by atoms with Crippen LogP contribution in [0.5, 0.6) is 0 Å². The second-order valence-electron chi connectivity index (χ2n) is 8.45. The lowest BCUT2D eigenvalue weighted by molar-refractivity contribution is -0.0919. The first-order chi connectivity index (χ1) is 15.4. The Kier molecular flexibility index (Phi) is 5.19. The molecule has 5 rings (SSSR count). The van der Waals surface area contributed by atoms with Crippen molar-refractivity contribution in [1.29, 1.82) is 5.41 Å². The van der Waals surface area contributed by atoms with E-state index in [1.54, 1.807) is 0 Å². The summed E-state index contributed by atoms with van der Waals surface area (Å²) in [6.45, 7) is 2.77. The molecule has 2 unspecified atom stereocenters. The first-order valence-corrected chi connectivity index (χ1v) is 10.9. The molecule has 0 amide bonds. The van der Waals surface area contributed by atoms with Crippen molar-refractivity contribution in [3.63, 3.8) is 0 Å². The Hall–Kier alpha value is -2.88. The van der Waals surface area contributed by atoms with E-state index in [0.717, 1.165) is 54.9 Å². The third kappa shape index (κ3) is 3.37. The molecular formula is C22H25F3N6O. The zero-order valence-electron chi connectivity index (χ0n) is 17.5. The lowest BCUT2D eigenvalue weighted by Gasteiger charge is -2.35. The maximum absolute atomic E-state index is 13.4. The number of hydrogen-bond donors (Lipinski definition) is 3. The van der Waals surface area contributed by atoms with E-state index in [-0.39, 0.29) is 23.2 Å². The lowest BCUT2D eigenvalue weighted by Crippen LogP contribution is -2.44. The molecule has 2 aliphatic carbocycles. The van der Waals surface area contributed by atoms with E-state index in [9.17, 15) is 13.2 Å². The number of amidine groups is 1. The van der Waals surface area contributed by atoms with E-state index < -0.39 is 11.9 Å². The third-order valence-electron chi connectivity index (χ3n) is 6.66. The molecule has 1 saturated heterocycles. The van der Waals surface area contributed by atoms with Gasteiger partial charge in [0.05, 0.1) is 36.6 Å². The van der Waals surface area contributed by atoms with Gasteiger partial charge in [-0.1, -0.05) is 6.08 Å². The fraction of sp³-hybridized carbons (Fsp3) is 0.500. The van der Waals surface area contributed by atoms with Crippen LogP contribution in [0.3, 0.4) is 0 Å². The standard InChI is InChI=1S/C22H25F3N6O/c23-22(24,25)20(27)14(11-26)19-13-4-2-1-3-12(13)17-15(28-19)5-6-16-18(17)21(30-29-16)31-7-9-32-10-8-31/h5-6,11,16,18,26,29H,1-4,7-10,27H2. The van der Waals surface area contributed by atoms with Gasteiger partial charge >= 0.3 is 6.18 Å². The summed E-state index contributed by atoms with van der Waals surface area (Å²) in [5.74, 6) is 0.887. The molecule has 170 valence electrons. The van der Waals surface area contributed by atoms with E-state index in [2.05, 4.69) is 20.4 Å². The van der Waals surface area contributed by atoms with Crippen molar-refractivity contribution in [1.82, 2.24) is 15.3 Å². The number of fused-ring (bicyclic) bond motifs is 5. The number of allylic oxidation sites excluding steroid dienone is 2. The van der Waals surface area contributed by atoms with Crippen LogP contribution >= 0.6 is 0 Å². The molecule has 1 aromatic heterocycles. The normalized spacial score (nSPS) is 25.2. The van der Waals surface area contributed by atoms with Crippen LogP contribution in [0.25, 0.3) is 11.6 Å². The van der Waals surface area contributed by atoms with Crippen molar-refractivity contribution in [2.45, 2.75) is 43.8 Å². The highest BCUT2D eigenvalue weighted by atomic mass is 19.4. The molecule has 0 radical (unpaired) electrons. The Bertz CT molecular complexity index is 1040. The molecule has 2 aliphatic heterocycles. The first-order valence-electron chi connectivity index (χ1n) is 10.9. The van der Waals surface area contributed by atoms with E-state index in [1.165, 1.54) is 0 Å². The van der Waals surface area contributed by atoms with E-state index in [1.807, 2.05) is 12.2 Å². The van der Waals surface area contributed by atoms with Crippen LogP contribution in [0.2, 0.25) is 0 Å². The summed E-state index contributed by atoms with van der Waals surface area (Å²) >= 11 is 0.